The number of nitrogens with zero attached hydrogens (tertiary/aromatic N) is 4. The second-order valence-corrected chi connectivity index (χ2v) is 6.88. The zero-order valence-electron chi connectivity index (χ0n) is 13.4. The van der Waals surface area contributed by atoms with E-state index in [0.29, 0.717) is 17.3 Å². The van der Waals surface area contributed by atoms with Gasteiger partial charge < -0.3 is 4.74 Å². The van der Waals surface area contributed by atoms with Crippen molar-refractivity contribution in [3.63, 3.8) is 0 Å². The number of Topliss-reactive ketones (excluding diaryl/α,β-unsaturated/α-hetero) is 1. The summed E-state index contributed by atoms with van der Waals surface area (Å²) >= 11 is 4.66. The number of halogens is 1. The fraction of sp³-hybridized carbons (Fsp3) is 0.176. The molecule has 0 aliphatic carbocycles. The van der Waals surface area contributed by atoms with Crippen LogP contribution in [0.2, 0.25) is 0 Å². The molecule has 0 atom stereocenters. The predicted molar refractivity (Wildman–Crippen MR) is 99.5 cm³/mol. The molecular weight excluding hydrogens is 404 g/mol. The molecule has 0 amide bonds. The van der Waals surface area contributed by atoms with E-state index in [1.807, 2.05) is 43.3 Å². The van der Waals surface area contributed by atoms with Gasteiger partial charge in [0, 0.05) is 10.0 Å². The van der Waals surface area contributed by atoms with E-state index in [0.717, 1.165) is 15.9 Å². The lowest BCUT2D eigenvalue weighted by Gasteiger charge is -2.06. The summed E-state index contributed by atoms with van der Waals surface area (Å²) in [4.78, 5) is 12.3. The highest BCUT2D eigenvalue weighted by atomic mass is 79.9. The number of tetrazole rings is 1. The molecule has 0 unspecified atom stereocenters. The number of carbonyl (C=O) groups excluding carboxylic acids is 1. The van der Waals surface area contributed by atoms with Crippen LogP contribution < -0.4 is 4.74 Å². The van der Waals surface area contributed by atoms with Crippen molar-refractivity contribution in [1.29, 1.82) is 0 Å². The first-order chi connectivity index (χ1) is 12.2. The number of ether oxygens (including phenoxy) is 1. The van der Waals surface area contributed by atoms with Crippen LogP contribution in [0.3, 0.4) is 0 Å². The maximum absolute atomic E-state index is 12.3. The summed E-state index contributed by atoms with van der Waals surface area (Å²) in [5.41, 5.74) is 1.47. The van der Waals surface area contributed by atoms with Gasteiger partial charge in [0.1, 0.15) is 5.75 Å². The quantitative estimate of drug-likeness (QED) is 0.429. The molecule has 0 N–H and O–H groups in total. The molecule has 3 rings (SSSR count). The largest absolute Gasteiger partial charge is 0.494 e. The first-order valence-electron chi connectivity index (χ1n) is 7.60. The van der Waals surface area contributed by atoms with Crippen molar-refractivity contribution in [1.82, 2.24) is 20.2 Å². The predicted octanol–water partition coefficient (Wildman–Crippen LogP) is 3.80. The third-order valence-corrected chi connectivity index (χ3v) is 4.78. The summed E-state index contributed by atoms with van der Waals surface area (Å²) in [6.45, 7) is 2.55. The van der Waals surface area contributed by atoms with Crippen LogP contribution in [0, 0.1) is 0 Å². The van der Waals surface area contributed by atoms with Crippen LogP contribution in [0.1, 0.15) is 17.3 Å². The zero-order chi connectivity index (χ0) is 17.6. The summed E-state index contributed by atoms with van der Waals surface area (Å²) in [5.74, 6) is 1.08. The number of hydrogen-bond acceptors (Lipinski definition) is 6. The summed E-state index contributed by atoms with van der Waals surface area (Å²) in [7, 11) is 0. The molecule has 6 nitrogen and oxygen atoms in total. The van der Waals surface area contributed by atoms with Gasteiger partial charge in [0.25, 0.3) is 0 Å². The van der Waals surface area contributed by atoms with E-state index in [1.54, 1.807) is 16.8 Å². The Kier molecular flexibility index (Phi) is 5.83. The van der Waals surface area contributed by atoms with Crippen LogP contribution in [0.15, 0.2) is 58.2 Å². The number of aromatic nitrogens is 4. The average molecular weight is 419 g/mol. The molecule has 128 valence electrons. The van der Waals surface area contributed by atoms with Crippen molar-refractivity contribution in [2.75, 3.05) is 12.4 Å². The maximum atomic E-state index is 12.3. The second-order valence-electron chi connectivity index (χ2n) is 5.02. The zero-order valence-corrected chi connectivity index (χ0v) is 15.8. The molecule has 25 heavy (non-hydrogen) atoms. The highest BCUT2D eigenvalue weighted by molar-refractivity contribution is 9.10. The Morgan fingerprint density at radius 1 is 1.16 bits per heavy atom. The van der Waals surface area contributed by atoms with Crippen LogP contribution in [-0.4, -0.2) is 38.4 Å². The number of benzene rings is 2. The summed E-state index contributed by atoms with van der Waals surface area (Å²) in [6, 6.07) is 14.8. The molecule has 0 fully saturated rings. The molecular formula is C17H15BrN4O2S. The molecule has 8 heteroatoms. The number of ketones is 1. The molecule has 0 aliphatic rings. The van der Waals surface area contributed by atoms with Crippen LogP contribution in [0.5, 0.6) is 5.75 Å². The van der Waals surface area contributed by atoms with Gasteiger partial charge in [-0.3, -0.25) is 4.79 Å². The second kappa shape index (κ2) is 8.26. The van der Waals surface area contributed by atoms with Gasteiger partial charge in [0.15, 0.2) is 5.78 Å². The van der Waals surface area contributed by atoms with Crippen molar-refractivity contribution >= 4 is 33.5 Å². The summed E-state index contributed by atoms with van der Waals surface area (Å²) in [6.07, 6.45) is 0. The van der Waals surface area contributed by atoms with Crippen LogP contribution in [0.4, 0.5) is 0 Å². The van der Waals surface area contributed by atoms with Gasteiger partial charge in [-0.25, -0.2) is 0 Å². The van der Waals surface area contributed by atoms with E-state index in [2.05, 4.69) is 31.5 Å². The lowest BCUT2D eigenvalue weighted by Crippen LogP contribution is -2.05. The van der Waals surface area contributed by atoms with Crippen LogP contribution in [-0.2, 0) is 0 Å². The van der Waals surface area contributed by atoms with Gasteiger partial charge >= 0.3 is 0 Å². The van der Waals surface area contributed by atoms with Crippen LogP contribution >= 0.6 is 27.7 Å². The Morgan fingerprint density at radius 2 is 1.88 bits per heavy atom. The van der Waals surface area contributed by atoms with Crippen molar-refractivity contribution < 1.29 is 9.53 Å². The molecule has 2 aromatic carbocycles. The van der Waals surface area contributed by atoms with E-state index < -0.39 is 0 Å². The maximum Gasteiger partial charge on any atom is 0.214 e. The van der Waals surface area contributed by atoms with Gasteiger partial charge in [0.2, 0.25) is 5.16 Å². The Balaban J connectivity index is 1.69. The van der Waals surface area contributed by atoms with E-state index in [9.17, 15) is 4.79 Å². The fourth-order valence-electron chi connectivity index (χ4n) is 2.13. The van der Waals surface area contributed by atoms with Gasteiger partial charge in [-0.15, -0.1) is 5.10 Å². The highest BCUT2D eigenvalue weighted by Gasteiger charge is 2.13. The number of hydrogen-bond donors (Lipinski definition) is 0. The topological polar surface area (TPSA) is 69.9 Å². The Bertz CT molecular complexity index is 850. The lowest BCUT2D eigenvalue weighted by atomic mass is 10.2. The van der Waals surface area contributed by atoms with Crippen LogP contribution in [0.25, 0.3) is 5.69 Å². The van der Waals surface area contributed by atoms with Crippen molar-refractivity contribution in [3.8, 4) is 11.4 Å². The number of rotatable bonds is 7. The minimum Gasteiger partial charge on any atom is -0.494 e. The third kappa shape index (κ3) is 4.46. The van der Waals surface area contributed by atoms with Gasteiger partial charge in [-0.05, 0) is 53.7 Å². The summed E-state index contributed by atoms with van der Waals surface area (Å²) in [5, 5.41) is 12.3. The van der Waals surface area contributed by atoms with E-state index in [1.165, 1.54) is 11.8 Å². The molecule has 0 saturated carbocycles. The minimum atomic E-state index is 0.0266. The number of carbonyl (C=O) groups is 1. The Morgan fingerprint density at radius 3 is 2.56 bits per heavy atom. The standard InChI is InChI=1S/C17H15BrN4O2S/c1-2-24-15-9-7-14(8-10-15)22-17(19-20-21-22)25-11-16(23)12-3-5-13(18)6-4-12/h3-10H,2,11H2,1H3. The Labute approximate surface area is 157 Å². The third-order valence-electron chi connectivity index (χ3n) is 3.33. The summed E-state index contributed by atoms with van der Waals surface area (Å²) < 4.78 is 7.98. The molecule has 1 heterocycles. The monoisotopic (exact) mass is 418 g/mol. The first-order valence-corrected chi connectivity index (χ1v) is 9.38. The average Bonchev–Trinajstić information content (AvgIpc) is 3.10. The van der Waals surface area contributed by atoms with Gasteiger partial charge in [-0.1, -0.05) is 39.8 Å². The minimum absolute atomic E-state index is 0.0266. The van der Waals surface area contributed by atoms with Gasteiger partial charge in [0.05, 0.1) is 18.0 Å². The van der Waals surface area contributed by atoms with Crippen molar-refractivity contribution in [2.24, 2.45) is 0 Å². The molecule has 3 aromatic rings. The molecule has 0 aliphatic heterocycles. The van der Waals surface area contributed by atoms with E-state index in [-0.39, 0.29) is 11.5 Å². The first kappa shape index (κ1) is 17.6. The molecule has 1 aromatic heterocycles. The molecule has 0 spiro atoms. The smallest absolute Gasteiger partial charge is 0.214 e. The van der Waals surface area contributed by atoms with E-state index in [4.69, 9.17) is 4.74 Å². The lowest BCUT2D eigenvalue weighted by molar-refractivity contribution is 0.102. The number of thioether (sulfide) groups is 1. The normalized spacial score (nSPS) is 10.6. The van der Waals surface area contributed by atoms with Gasteiger partial charge in [-0.2, -0.15) is 4.68 Å². The van der Waals surface area contributed by atoms with Crippen molar-refractivity contribution in [3.05, 3.63) is 58.6 Å². The Hall–Kier alpha value is -2.19. The molecule has 0 radical (unpaired) electrons. The van der Waals surface area contributed by atoms with Crippen molar-refractivity contribution in [2.45, 2.75) is 12.1 Å². The SMILES string of the molecule is CCOc1ccc(-n2nnnc2SCC(=O)c2ccc(Br)cc2)cc1. The fourth-order valence-corrected chi connectivity index (χ4v) is 3.18. The highest BCUT2D eigenvalue weighted by Crippen LogP contribution is 2.21. The van der Waals surface area contributed by atoms with E-state index >= 15 is 0 Å². The molecule has 0 saturated heterocycles. The molecule has 0 bridgehead atoms.